The summed E-state index contributed by atoms with van der Waals surface area (Å²) < 4.78 is 5.50. The highest BCUT2D eigenvalue weighted by Crippen LogP contribution is 2.36. The lowest BCUT2D eigenvalue weighted by atomic mass is 9.71. The molecule has 0 saturated carbocycles. The maximum atomic E-state index is 13.9. The van der Waals surface area contributed by atoms with Crippen LogP contribution < -0.4 is 10.6 Å². The summed E-state index contributed by atoms with van der Waals surface area (Å²) in [6, 6.07) is 7.37. The quantitative estimate of drug-likeness (QED) is 0.500. The molecular formula is C27H41N3O6. The minimum absolute atomic E-state index is 0.273. The van der Waals surface area contributed by atoms with Crippen molar-refractivity contribution < 1.29 is 29.0 Å². The molecule has 1 aliphatic heterocycles. The van der Waals surface area contributed by atoms with Gasteiger partial charge in [0.25, 0.3) is 0 Å². The fraction of sp³-hybridized carbons (Fsp3) is 0.630. The first-order chi connectivity index (χ1) is 16.7. The molecule has 2 atom stereocenters. The molecule has 1 aliphatic rings. The van der Waals surface area contributed by atoms with Gasteiger partial charge in [-0.15, -0.1) is 0 Å². The molecule has 3 N–H and O–H groups in total. The molecule has 2 unspecified atom stereocenters. The number of carboxylic acid groups (broad SMARTS) is 1. The van der Waals surface area contributed by atoms with Gasteiger partial charge in [0, 0.05) is 13.1 Å². The summed E-state index contributed by atoms with van der Waals surface area (Å²) in [5, 5.41) is 15.0. The van der Waals surface area contributed by atoms with Crippen molar-refractivity contribution in [1.29, 1.82) is 0 Å². The number of hydrogen-bond acceptors (Lipinski definition) is 5. The minimum Gasteiger partial charge on any atom is -0.480 e. The van der Waals surface area contributed by atoms with Crippen molar-refractivity contribution >= 4 is 23.9 Å². The van der Waals surface area contributed by atoms with E-state index in [1.165, 1.54) is 0 Å². The normalized spacial score (nSPS) is 17.3. The summed E-state index contributed by atoms with van der Waals surface area (Å²) in [5.74, 6) is -2.56. The van der Waals surface area contributed by atoms with E-state index in [4.69, 9.17) is 4.74 Å². The van der Waals surface area contributed by atoms with E-state index in [1.807, 2.05) is 51.1 Å². The molecular weight excluding hydrogens is 462 g/mol. The highest BCUT2D eigenvalue weighted by atomic mass is 16.6. The number of nitrogens with one attached hydrogen (secondary N) is 2. The van der Waals surface area contributed by atoms with Crippen molar-refractivity contribution in [2.75, 3.05) is 13.1 Å². The number of amides is 3. The molecule has 1 saturated heterocycles. The summed E-state index contributed by atoms with van der Waals surface area (Å²) in [7, 11) is 0. The standard InChI is InChI=1S/C27H41N3O6/c1-17(2)20(22(31)28-21(18(3)4)23(32)33)29-24(34)27(19-11-9-8-10-12-19)13-15-30(16-14-27)25(35)36-26(5,6)7/h8-12,17-18,20-21H,13-16H2,1-7H3,(H,28,31)(H,29,34)(H,32,33). The van der Waals surface area contributed by atoms with E-state index in [2.05, 4.69) is 10.6 Å². The van der Waals surface area contributed by atoms with Crippen molar-refractivity contribution in [3.63, 3.8) is 0 Å². The lowest BCUT2D eigenvalue weighted by Crippen LogP contribution is -2.60. The second kappa shape index (κ2) is 11.8. The number of likely N-dealkylation sites (tertiary alicyclic amines) is 1. The van der Waals surface area contributed by atoms with Crippen LogP contribution in [0.5, 0.6) is 0 Å². The number of ether oxygens (including phenoxy) is 1. The van der Waals surface area contributed by atoms with Gasteiger partial charge < -0.3 is 25.4 Å². The molecule has 200 valence electrons. The first-order valence-electron chi connectivity index (χ1n) is 12.6. The van der Waals surface area contributed by atoms with Crippen LogP contribution >= 0.6 is 0 Å². The Hall–Kier alpha value is -3.10. The zero-order chi connectivity index (χ0) is 27.3. The van der Waals surface area contributed by atoms with Crippen LogP contribution in [0.3, 0.4) is 0 Å². The first kappa shape index (κ1) is 29.1. The van der Waals surface area contributed by atoms with Crippen molar-refractivity contribution in [3.8, 4) is 0 Å². The van der Waals surface area contributed by atoms with Gasteiger partial charge in [-0.1, -0.05) is 58.0 Å². The fourth-order valence-electron chi connectivity index (χ4n) is 4.37. The van der Waals surface area contributed by atoms with Crippen molar-refractivity contribution in [3.05, 3.63) is 35.9 Å². The smallest absolute Gasteiger partial charge is 0.410 e. The summed E-state index contributed by atoms with van der Waals surface area (Å²) >= 11 is 0. The van der Waals surface area contributed by atoms with E-state index >= 15 is 0 Å². The average Bonchev–Trinajstić information content (AvgIpc) is 2.79. The second-order valence-corrected chi connectivity index (χ2v) is 11.2. The van der Waals surface area contributed by atoms with Gasteiger partial charge >= 0.3 is 12.1 Å². The van der Waals surface area contributed by atoms with Gasteiger partial charge in [-0.05, 0) is 51.0 Å². The van der Waals surface area contributed by atoms with Gasteiger partial charge in [-0.2, -0.15) is 0 Å². The highest BCUT2D eigenvalue weighted by molar-refractivity contribution is 5.94. The van der Waals surface area contributed by atoms with E-state index in [0.717, 1.165) is 5.56 Å². The van der Waals surface area contributed by atoms with Crippen LogP contribution in [-0.2, 0) is 24.5 Å². The van der Waals surface area contributed by atoms with Crippen LogP contribution in [0, 0.1) is 11.8 Å². The van der Waals surface area contributed by atoms with E-state index in [1.54, 1.807) is 32.6 Å². The summed E-state index contributed by atoms with van der Waals surface area (Å²) in [6.45, 7) is 13.1. The second-order valence-electron chi connectivity index (χ2n) is 11.2. The third-order valence-corrected chi connectivity index (χ3v) is 6.50. The molecule has 1 fully saturated rings. The van der Waals surface area contributed by atoms with Crippen LogP contribution in [0.25, 0.3) is 0 Å². The molecule has 1 heterocycles. The SMILES string of the molecule is CC(C)C(NC(=O)C(NC(=O)C1(c2ccccc2)CCN(C(=O)OC(C)(C)C)CC1)C(C)C)C(=O)O. The minimum atomic E-state index is -1.12. The summed E-state index contributed by atoms with van der Waals surface area (Å²) in [6.07, 6.45) is 0.300. The summed E-state index contributed by atoms with van der Waals surface area (Å²) in [4.78, 5) is 52.7. The molecule has 1 aromatic rings. The van der Waals surface area contributed by atoms with Crippen LogP contribution in [-0.4, -0.2) is 64.7 Å². The highest BCUT2D eigenvalue weighted by Gasteiger charge is 2.45. The predicted octanol–water partition coefficient (Wildman–Crippen LogP) is 3.32. The number of carboxylic acids is 1. The van der Waals surface area contributed by atoms with Crippen LogP contribution in [0.2, 0.25) is 0 Å². The maximum Gasteiger partial charge on any atom is 0.410 e. The molecule has 9 nitrogen and oxygen atoms in total. The summed E-state index contributed by atoms with van der Waals surface area (Å²) in [5.41, 5.74) is -0.763. The number of nitrogens with zero attached hydrogens (tertiary/aromatic N) is 1. The molecule has 2 rings (SSSR count). The lowest BCUT2D eigenvalue weighted by Gasteiger charge is -2.42. The van der Waals surface area contributed by atoms with Gasteiger partial charge in [-0.25, -0.2) is 9.59 Å². The van der Waals surface area contributed by atoms with Gasteiger partial charge in [0.05, 0.1) is 5.41 Å². The predicted molar refractivity (Wildman–Crippen MR) is 136 cm³/mol. The van der Waals surface area contributed by atoms with Gasteiger partial charge in [-0.3, -0.25) is 9.59 Å². The molecule has 9 heteroatoms. The van der Waals surface area contributed by atoms with E-state index in [9.17, 15) is 24.3 Å². The third kappa shape index (κ3) is 7.21. The van der Waals surface area contributed by atoms with Crippen LogP contribution in [0.1, 0.15) is 66.9 Å². The number of carbonyl (C=O) groups excluding carboxylic acids is 3. The van der Waals surface area contributed by atoms with E-state index in [0.29, 0.717) is 25.9 Å². The molecule has 3 amide bonds. The Bertz CT molecular complexity index is 931. The van der Waals surface area contributed by atoms with Gasteiger partial charge in [0.2, 0.25) is 11.8 Å². The molecule has 1 aromatic carbocycles. The number of rotatable bonds is 8. The number of carbonyl (C=O) groups is 4. The number of aliphatic carboxylic acids is 1. The topological polar surface area (TPSA) is 125 Å². The molecule has 0 aromatic heterocycles. The van der Waals surface area contributed by atoms with Crippen molar-refractivity contribution in [1.82, 2.24) is 15.5 Å². The largest absolute Gasteiger partial charge is 0.480 e. The molecule has 36 heavy (non-hydrogen) atoms. The van der Waals surface area contributed by atoms with Gasteiger partial charge in [0.1, 0.15) is 17.7 Å². The molecule has 0 radical (unpaired) electrons. The molecule has 0 bridgehead atoms. The van der Waals surface area contributed by atoms with Crippen LogP contribution in [0.4, 0.5) is 4.79 Å². The Morgan fingerprint density at radius 3 is 1.89 bits per heavy atom. The van der Waals surface area contributed by atoms with Gasteiger partial charge in [0.15, 0.2) is 0 Å². The zero-order valence-electron chi connectivity index (χ0n) is 22.5. The Morgan fingerprint density at radius 2 is 1.44 bits per heavy atom. The molecule has 0 aliphatic carbocycles. The maximum absolute atomic E-state index is 13.9. The Morgan fingerprint density at radius 1 is 0.917 bits per heavy atom. The molecule has 0 spiro atoms. The third-order valence-electron chi connectivity index (χ3n) is 6.50. The number of piperidine rings is 1. The number of benzene rings is 1. The van der Waals surface area contributed by atoms with E-state index in [-0.39, 0.29) is 17.7 Å². The van der Waals surface area contributed by atoms with Crippen LogP contribution in [0.15, 0.2) is 30.3 Å². The fourth-order valence-corrected chi connectivity index (χ4v) is 4.37. The van der Waals surface area contributed by atoms with Crippen molar-refractivity contribution in [2.24, 2.45) is 11.8 Å². The monoisotopic (exact) mass is 503 g/mol. The number of hydrogen-bond donors (Lipinski definition) is 3. The Labute approximate surface area is 214 Å². The van der Waals surface area contributed by atoms with E-state index < -0.39 is 41.1 Å². The lowest BCUT2D eigenvalue weighted by molar-refractivity contribution is -0.144. The Kier molecular flexibility index (Phi) is 9.51. The average molecular weight is 504 g/mol. The van der Waals surface area contributed by atoms with Crippen molar-refractivity contribution in [2.45, 2.75) is 84.4 Å². The Balaban J connectivity index is 2.28. The first-order valence-corrected chi connectivity index (χ1v) is 12.6. The zero-order valence-corrected chi connectivity index (χ0v) is 22.5.